The zero-order chi connectivity index (χ0) is 15.8. The maximum atomic E-state index is 9.63. The minimum atomic E-state index is -0.227. The van der Waals surface area contributed by atoms with Crippen LogP contribution in [0, 0.1) is 3.57 Å². The Bertz CT molecular complexity index is 834. The van der Waals surface area contributed by atoms with Crippen molar-refractivity contribution in [3.8, 4) is 5.69 Å². The van der Waals surface area contributed by atoms with E-state index in [-0.39, 0.29) is 12.1 Å². The second-order valence-electron chi connectivity index (χ2n) is 5.69. The van der Waals surface area contributed by atoms with E-state index in [0.717, 1.165) is 28.5 Å². The summed E-state index contributed by atoms with van der Waals surface area (Å²) in [6, 6.07) is 8.22. The predicted molar refractivity (Wildman–Crippen MR) is 94.4 cm³/mol. The molecular weight excluding hydrogens is 407 g/mol. The fourth-order valence-corrected chi connectivity index (χ4v) is 3.18. The largest absolute Gasteiger partial charge is 0.393 e. The van der Waals surface area contributed by atoms with Crippen LogP contribution in [0.4, 0.5) is 5.95 Å². The van der Waals surface area contributed by atoms with Gasteiger partial charge in [-0.3, -0.25) is 0 Å². The Balaban J connectivity index is 1.67. The second kappa shape index (κ2) is 6.00. The van der Waals surface area contributed by atoms with Gasteiger partial charge in [-0.15, -0.1) is 5.10 Å². The molecule has 1 saturated carbocycles. The fraction of sp³-hybridized carbons (Fsp3) is 0.333. The molecule has 1 aliphatic rings. The molecule has 0 spiro atoms. The molecule has 4 rings (SSSR count). The number of halogens is 1. The molecule has 1 aromatic carbocycles. The quantitative estimate of drug-likeness (QED) is 0.629. The average molecular weight is 422 g/mol. The lowest BCUT2D eigenvalue weighted by molar-refractivity contribution is 0.182. The standard InChI is InChI=1S/C15H15IN6O/c16-9-1-4-11(5-2-9)22-14-13(20-21-22)8-17-15(19-14)18-10-3-6-12(23)7-10/h1-2,4-5,8,10,12,23H,3,6-7H2,(H,17,18,19). The number of rotatable bonds is 3. The highest BCUT2D eigenvalue weighted by Crippen LogP contribution is 2.22. The van der Waals surface area contributed by atoms with Crippen LogP contribution in [-0.4, -0.2) is 42.2 Å². The first-order chi connectivity index (χ1) is 11.2. The molecule has 7 nitrogen and oxygen atoms in total. The van der Waals surface area contributed by atoms with Gasteiger partial charge < -0.3 is 10.4 Å². The molecule has 2 heterocycles. The van der Waals surface area contributed by atoms with Crippen LogP contribution in [0.15, 0.2) is 30.5 Å². The number of anilines is 1. The molecule has 0 aliphatic heterocycles. The highest BCUT2D eigenvalue weighted by Gasteiger charge is 2.23. The van der Waals surface area contributed by atoms with Gasteiger partial charge in [-0.1, -0.05) is 5.21 Å². The third-order valence-electron chi connectivity index (χ3n) is 4.00. The van der Waals surface area contributed by atoms with E-state index < -0.39 is 0 Å². The van der Waals surface area contributed by atoms with Gasteiger partial charge in [0.2, 0.25) is 5.95 Å². The molecule has 0 amide bonds. The van der Waals surface area contributed by atoms with Gasteiger partial charge >= 0.3 is 0 Å². The lowest BCUT2D eigenvalue weighted by Gasteiger charge is -2.11. The summed E-state index contributed by atoms with van der Waals surface area (Å²) in [4.78, 5) is 8.85. The second-order valence-corrected chi connectivity index (χ2v) is 6.93. The van der Waals surface area contributed by atoms with E-state index >= 15 is 0 Å². The van der Waals surface area contributed by atoms with Crippen molar-refractivity contribution in [2.45, 2.75) is 31.4 Å². The van der Waals surface area contributed by atoms with Crippen molar-refractivity contribution >= 4 is 39.7 Å². The molecule has 2 N–H and O–H groups in total. The van der Waals surface area contributed by atoms with Crippen LogP contribution in [0.25, 0.3) is 16.9 Å². The first kappa shape index (κ1) is 14.8. The third kappa shape index (κ3) is 3.00. The van der Waals surface area contributed by atoms with E-state index in [4.69, 9.17) is 0 Å². The first-order valence-corrected chi connectivity index (χ1v) is 8.56. The van der Waals surface area contributed by atoms with Crippen molar-refractivity contribution in [1.29, 1.82) is 0 Å². The van der Waals surface area contributed by atoms with E-state index in [2.05, 4.69) is 48.2 Å². The maximum Gasteiger partial charge on any atom is 0.225 e. The maximum absolute atomic E-state index is 9.63. The molecule has 2 unspecified atom stereocenters. The molecule has 0 saturated heterocycles. The van der Waals surface area contributed by atoms with Crippen LogP contribution < -0.4 is 5.32 Å². The van der Waals surface area contributed by atoms with Crippen molar-refractivity contribution in [2.75, 3.05) is 5.32 Å². The molecule has 2 atom stereocenters. The molecule has 0 radical (unpaired) electrons. The van der Waals surface area contributed by atoms with Crippen LogP contribution in [0.1, 0.15) is 19.3 Å². The van der Waals surface area contributed by atoms with Gasteiger partial charge in [-0.2, -0.15) is 9.67 Å². The van der Waals surface area contributed by atoms with E-state index in [1.807, 2.05) is 24.3 Å². The topological polar surface area (TPSA) is 88.8 Å². The van der Waals surface area contributed by atoms with E-state index in [0.29, 0.717) is 17.1 Å². The monoisotopic (exact) mass is 422 g/mol. The number of aliphatic hydroxyl groups excluding tert-OH is 1. The van der Waals surface area contributed by atoms with Crippen LogP contribution >= 0.6 is 22.6 Å². The van der Waals surface area contributed by atoms with Crippen molar-refractivity contribution < 1.29 is 5.11 Å². The molecule has 0 bridgehead atoms. The Kier molecular flexibility index (Phi) is 3.85. The Labute approximate surface area is 146 Å². The van der Waals surface area contributed by atoms with Gasteiger partial charge in [0.25, 0.3) is 0 Å². The number of nitrogens with one attached hydrogen (secondary N) is 1. The molecule has 1 fully saturated rings. The Morgan fingerprint density at radius 2 is 2.04 bits per heavy atom. The van der Waals surface area contributed by atoms with Crippen LogP contribution in [0.3, 0.4) is 0 Å². The molecule has 118 valence electrons. The highest BCUT2D eigenvalue weighted by molar-refractivity contribution is 14.1. The number of aromatic nitrogens is 5. The smallest absolute Gasteiger partial charge is 0.225 e. The molecule has 23 heavy (non-hydrogen) atoms. The highest BCUT2D eigenvalue weighted by atomic mass is 127. The summed E-state index contributed by atoms with van der Waals surface area (Å²) in [6.07, 6.45) is 3.93. The van der Waals surface area contributed by atoms with Crippen molar-refractivity contribution in [3.63, 3.8) is 0 Å². The molecule has 8 heteroatoms. The molecule has 2 aromatic heterocycles. The van der Waals surface area contributed by atoms with Crippen molar-refractivity contribution in [3.05, 3.63) is 34.0 Å². The van der Waals surface area contributed by atoms with E-state index in [1.54, 1.807) is 10.9 Å². The van der Waals surface area contributed by atoms with Crippen LogP contribution in [-0.2, 0) is 0 Å². The molecule has 3 aromatic rings. The summed E-state index contributed by atoms with van der Waals surface area (Å²) in [6.45, 7) is 0. The van der Waals surface area contributed by atoms with Crippen molar-refractivity contribution in [2.24, 2.45) is 0 Å². The van der Waals surface area contributed by atoms with Gasteiger partial charge in [0, 0.05) is 9.61 Å². The fourth-order valence-electron chi connectivity index (χ4n) is 2.83. The number of hydrogen-bond donors (Lipinski definition) is 2. The summed E-state index contributed by atoms with van der Waals surface area (Å²) in [5, 5.41) is 21.2. The SMILES string of the molecule is OC1CCC(Nc2ncc3nnn(-c4ccc(I)cc4)c3n2)C1. The van der Waals surface area contributed by atoms with E-state index in [1.165, 1.54) is 0 Å². The summed E-state index contributed by atoms with van der Waals surface area (Å²) in [7, 11) is 0. The molecular formula is C15H15IN6O. The van der Waals surface area contributed by atoms with E-state index in [9.17, 15) is 5.11 Å². The summed E-state index contributed by atoms with van der Waals surface area (Å²) >= 11 is 2.27. The molecule has 1 aliphatic carbocycles. The predicted octanol–water partition coefficient (Wildman–Crippen LogP) is 2.14. The lowest BCUT2D eigenvalue weighted by atomic mass is 10.2. The van der Waals surface area contributed by atoms with Gasteiger partial charge in [-0.05, 0) is 66.1 Å². The minimum absolute atomic E-state index is 0.213. The van der Waals surface area contributed by atoms with Crippen molar-refractivity contribution in [1.82, 2.24) is 25.0 Å². The lowest BCUT2D eigenvalue weighted by Crippen LogP contribution is -2.18. The number of aliphatic hydroxyl groups is 1. The van der Waals surface area contributed by atoms with Crippen LogP contribution in [0.5, 0.6) is 0 Å². The summed E-state index contributed by atoms with van der Waals surface area (Å²) < 4.78 is 2.87. The number of benzene rings is 1. The van der Waals surface area contributed by atoms with Gasteiger partial charge in [0.05, 0.1) is 18.0 Å². The van der Waals surface area contributed by atoms with Gasteiger partial charge in [0.1, 0.15) is 0 Å². The van der Waals surface area contributed by atoms with Crippen LogP contribution in [0.2, 0.25) is 0 Å². The number of hydrogen-bond acceptors (Lipinski definition) is 6. The zero-order valence-corrected chi connectivity index (χ0v) is 14.4. The number of nitrogens with zero attached hydrogens (tertiary/aromatic N) is 5. The summed E-state index contributed by atoms with van der Waals surface area (Å²) in [5.74, 6) is 0.547. The zero-order valence-electron chi connectivity index (χ0n) is 12.2. The number of fused-ring (bicyclic) bond motifs is 1. The van der Waals surface area contributed by atoms with Gasteiger partial charge in [0.15, 0.2) is 11.2 Å². The normalized spacial score (nSPS) is 21.0. The Morgan fingerprint density at radius 3 is 2.78 bits per heavy atom. The summed E-state index contributed by atoms with van der Waals surface area (Å²) in [5.41, 5.74) is 2.23. The average Bonchev–Trinajstić information content (AvgIpc) is 3.14. The minimum Gasteiger partial charge on any atom is -0.393 e. The van der Waals surface area contributed by atoms with Gasteiger partial charge in [-0.25, -0.2) is 4.98 Å². The Hall–Kier alpha value is -1.81. The third-order valence-corrected chi connectivity index (χ3v) is 4.72. The first-order valence-electron chi connectivity index (χ1n) is 7.48. The Morgan fingerprint density at radius 1 is 1.22 bits per heavy atom.